The molecule has 3 N–H and O–H groups in total. The van der Waals surface area contributed by atoms with Crippen LogP contribution >= 0.6 is 0 Å². The van der Waals surface area contributed by atoms with Crippen LogP contribution in [0.2, 0.25) is 0 Å². The number of carbonyl (C=O) groups is 1. The number of aliphatic hydroxyl groups is 1. The SMILES string of the molecule is O=C(CNS(=O)(=O)c1ccccc1)NCCCCCCO. The zero-order chi connectivity index (χ0) is 15.6. The number of carbonyl (C=O) groups excluding carboxylic acids is 1. The smallest absolute Gasteiger partial charge is 0.241 e. The molecule has 6 nitrogen and oxygen atoms in total. The van der Waals surface area contributed by atoms with Crippen LogP contribution in [0.25, 0.3) is 0 Å². The van der Waals surface area contributed by atoms with Crippen LogP contribution in [-0.4, -0.2) is 39.1 Å². The van der Waals surface area contributed by atoms with Crippen molar-refractivity contribution in [3.63, 3.8) is 0 Å². The van der Waals surface area contributed by atoms with Gasteiger partial charge in [0, 0.05) is 13.2 Å². The highest BCUT2D eigenvalue weighted by Crippen LogP contribution is 2.06. The monoisotopic (exact) mass is 314 g/mol. The minimum atomic E-state index is -3.64. The first-order valence-electron chi connectivity index (χ1n) is 6.98. The highest BCUT2D eigenvalue weighted by atomic mass is 32.2. The number of nitrogens with one attached hydrogen (secondary N) is 2. The number of hydrogen-bond acceptors (Lipinski definition) is 4. The van der Waals surface area contributed by atoms with Crippen molar-refractivity contribution in [3.05, 3.63) is 30.3 Å². The second kappa shape index (κ2) is 9.49. The molecule has 0 radical (unpaired) electrons. The summed E-state index contributed by atoms with van der Waals surface area (Å²) < 4.78 is 26.0. The lowest BCUT2D eigenvalue weighted by Gasteiger charge is -2.07. The Morgan fingerprint density at radius 1 is 1.05 bits per heavy atom. The van der Waals surface area contributed by atoms with Gasteiger partial charge in [0.15, 0.2) is 0 Å². The van der Waals surface area contributed by atoms with E-state index in [1.165, 1.54) is 12.1 Å². The van der Waals surface area contributed by atoms with Crippen molar-refractivity contribution < 1.29 is 18.3 Å². The van der Waals surface area contributed by atoms with Gasteiger partial charge in [0.2, 0.25) is 15.9 Å². The molecule has 21 heavy (non-hydrogen) atoms. The molecule has 0 saturated heterocycles. The Bertz CT molecular complexity index is 517. The highest BCUT2D eigenvalue weighted by Gasteiger charge is 2.14. The molecular weight excluding hydrogens is 292 g/mol. The molecule has 7 heteroatoms. The first-order valence-corrected chi connectivity index (χ1v) is 8.47. The maximum Gasteiger partial charge on any atom is 0.241 e. The molecule has 0 aliphatic carbocycles. The number of aliphatic hydroxyl groups excluding tert-OH is 1. The molecule has 1 aromatic rings. The molecule has 0 heterocycles. The molecule has 0 aromatic heterocycles. The van der Waals surface area contributed by atoms with Gasteiger partial charge in [0.1, 0.15) is 0 Å². The summed E-state index contributed by atoms with van der Waals surface area (Å²) in [6.45, 7) is 0.429. The third-order valence-corrected chi connectivity index (χ3v) is 4.30. The Kier molecular flexibility index (Phi) is 7.96. The Morgan fingerprint density at radius 2 is 1.71 bits per heavy atom. The molecule has 0 saturated carbocycles. The largest absolute Gasteiger partial charge is 0.396 e. The van der Waals surface area contributed by atoms with Crippen molar-refractivity contribution in [2.45, 2.75) is 30.6 Å². The van der Waals surface area contributed by atoms with Crippen LogP contribution < -0.4 is 10.0 Å². The van der Waals surface area contributed by atoms with Crippen molar-refractivity contribution in [2.24, 2.45) is 0 Å². The Balaban J connectivity index is 2.24. The van der Waals surface area contributed by atoms with Gasteiger partial charge in [-0.15, -0.1) is 0 Å². The van der Waals surface area contributed by atoms with Crippen LogP contribution in [0.5, 0.6) is 0 Å². The van der Waals surface area contributed by atoms with Crippen LogP contribution in [0.1, 0.15) is 25.7 Å². The summed E-state index contributed by atoms with van der Waals surface area (Å²) in [6, 6.07) is 7.92. The van der Waals surface area contributed by atoms with Gasteiger partial charge in [0.25, 0.3) is 0 Å². The summed E-state index contributed by atoms with van der Waals surface area (Å²) in [5.41, 5.74) is 0. The van der Waals surface area contributed by atoms with Crippen molar-refractivity contribution in [3.8, 4) is 0 Å². The Hall–Kier alpha value is -1.44. The lowest BCUT2D eigenvalue weighted by atomic mass is 10.2. The van der Waals surface area contributed by atoms with E-state index in [2.05, 4.69) is 10.0 Å². The summed E-state index contributed by atoms with van der Waals surface area (Å²) in [5.74, 6) is -0.350. The van der Waals surface area contributed by atoms with Gasteiger partial charge in [-0.05, 0) is 25.0 Å². The minimum absolute atomic E-state index is 0.141. The predicted molar refractivity (Wildman–Crippen MR) is 80.2 cm³/mol. The summed E-state index contributed by atoms with van der Waals surface area (Å²) >= 11 is 0. The molecule has 1 aromatic carbocycles. The predicted octanol–water partition coefficient (Wildman–Crippen LogP) is 0.634. The minimum Gasteiger partial charge on any atom is -0.396 e. The number of benzene rings is 1. The van der Waals surface area contributed by atoms with Crippen LogP contribution in [0, 0.1) is 0 Å². The number of sulfonamides is 1. The Morgan fingerprint density at radius 3 is 2.38 bits per heavy atom. The number of amides is 1. The third-order valence-electron chi connectivity index (χ3n) is 2.88. The second-order valence-electron chi connectivity index (χ2n) is 4.63. The number of hydrogen-bond donors (Lipinski definition) is 3. The van der Waals surface area contributed by atoms with Gasteiger partial charge in [-0.25, -0.2) is 13.1 Å². The maximum atomic E-state index is 11.9. The van der Waals surface area contributed by atoms with Gasteiger partial charge >= 0.3 is 0 Å². The first kappa shape index (κ1) is 17.6. The fourth-order valence-electron chi connectivity index (χ4n) is 1.72. The molecule has 1 rings (SSSR count). The van der Waals surface area contributed by atoms with Crippen molar-refractivity contribution >= 4 is 15.9 Å². The lowest BCUT2D eigenvalue weighted by Crippen LogP contribution is -2.37. The molecule has 0 aliphatic rings. The zero-order valence-corrected chi connectivity index (χ0v) is 12.7. The molecule has 0 unspecified atom stereocenters. The van der Waals surface area contributed by atoms with E-state index >= 15 is 0 Å². The van der Waals surface area contributed by atoms with Crippen molar-refractivity contribution in [2.75, 3.05) is 19.7 Å². The van der Waals surface area contributed by atoms with E-state index in [4.69, 9.17) is 5.11 Å². The van der Waals surface area contributed by atoms with E-state index in [0.717, 1.165) is 25.7 Å². The molecule has 118 valence electrons. The number of rotatable bonds is 10. The van der Waals surface area contributed by atoms with Crippen LogP contribution in [0.3, 0.4) is 0 Å². The fraction of sp³-hybridized carbons (Fsp3) is 0.500. The van der Waals surface area contributed by atoms with Crippen molar-refractivity contribution in [1.82, 2.24) is 10.0 Å². The maximum absolute atomic E-state index is 11.9. The van der Waals surface area contributed by atoms with E-state index in [9.17, 15) is 13.2 Å². The molecule has 0 atom stereocenters. The molecule has 0 bridgehead atoms. The standard InChI is InChI=1S/C14H22N2O4S/c17-11-7-2-1-6-10-15-14(18)12-16-21(19,20)13-8-4-3-5-9-13/h3-5,8-9,16-17H,1-2,6-7,10-12H2,(H,15,18). The summed E-state index contributed by atoms with van der Waals surface area (Å²) in [4.78, 5) is 11.7. The van der Waals surface area contributed by atoms with Gasteiger partial charge in [-0.2, -0.15) is 0 Å². The summed E-state index contributed by atoms with van der Waals surface area (Å²) in [5, 5.41) is 11.3. The summed E-state index contributed by atoms with van der Waals surface area (Å²) in [7, 11) is -3.64. The molecular formula is C14H22N2O4S. The molecule has 0 spiro atoms. The van der Waals surface area contributed by atoms with E-state index in [-0.39, 0.29) is 24.0 Å². The average Bonchev–Trinajstić information content (AvgIpc) is 2.50. The van der Waals surface area contributed by atoms with Crippen molar-refractivity contribution in [1.29, 1.82) is 0 Å². The highest BCUT2D eigenvalue weighted by molar-refractivity contribution is 7.89. The fourth-order valence-corrected chi connectivity index (χ4v) is 2.73. The molecule has 1 amide bonds. The van der Waals surface area contributed by atoms with E-state index in [1.54, 1.807) is 18.2 Å². The third kappa shape index (κ3) is 7.22. The van der Waals surface area contributed by atoms with Crippen LogP contribution in [-0.2, 0) is 14.8 Å². The summed E-state index contributed by atoms with van der Waals surface area (Å²) in [6.07, 6.45) is 3.44. The van der Waals surface area contributed by atoms with Gasteiger partial charge in [-0.3, -0.25) is 4.79 Å². The topological polar surface area (TPSA) is 95.5 Å². The number of unbranched alkanes of at least 4 members (excludes halogenated alkanes) is 3. The lowest BCUT2D eigenvalue weighted by molar-refractivity contribution is -0.119. The van der Waals surface area contributed by atoms with Gasteiger partial charge < -0.3 is 10.4 Å². The Labute approximate surface area is 125 Å². The first-order chi connectivity index (χ1) is 10.1. The second-order valence-corrected chi connectivity index (χ2v) is 6.39. The quantitative estimate of drug-likeness (QED) is 0.552. The normalized spacial score (nSPS) is 11.3. The van der Waals surface area contributed by atoms with E-state index < -0.39 is 10.0 Å². The van der Waals surface area contributed by atoms with E-state index in [0.29, 0.717) is 6.54 Å². The zero-order valence-electron chi connectivity index (χ0n) is 11.9. The average molecular weight is 314 g/mol. The van der Waals surface area contributed by atoms with Crippen LogP contribution in [0.15, 0.2) is 35.2 Å². The van der Waals surface area contributed by atoms with Crippen LogP contribution in [0.4, 0.5) is 0 Å². The molecule has 0 aliphatic heterocycles. The molecule has 0 fully saturated rings. The van der Waals surface area contributed by atoms with E-state index in [1.807, 2.05) is 0 Å². The van der Waals surface area contributed by atoms with Gasteiger partial charge in [0.05, 0.1) is 11.4 Å². The van der Waals surface area contributed by atoms with Gasteiger partial charge in [-0.1, -0.05) is 31.0 Å².